The highest BCUT2D eigenvalue weighted by Gasteiger charge is 2.21. The molecule has 1 saturated carbocycles. The van der Waals surface area contributed by atoms with Crippen LogP contribution in [-0.4, -0.2) is 20.7 Å². The lowest BCUT2D eigenvalue weighted by atomic mass is 9.90. The van der Waals surface area contributed by atoms with E-state index in [2.05, 4.69) is 15.5 Å². The second-order valence-corrected chi connectivity index (χ2v) is 8.20. The molecular formula is C22H20FN5OS. The summed E-state index contributed by atoms with van der Waals surface area (Å²) >= 11 is 1.37. The van der Waals surface area contributed by atoms with Gasteiger partial charge in [-0.3, -0.25) is 10.1 Å². The van der Waals surface area contributed by atoms with Crippen molar-refractivity contribution in [1.29, 1.82) is 5.26 Å². The molecule has 1 aliphatic carbocycles. The van der Waals surface area contributed by atoms with E-state index in [1.54, 1.807) is 35.0 Å². The lowest BCUT2D eigenvalue weighted by Crippen LogP contribution is -2.13. The minimum atomic E-state index is -0.546. The van der Waals surface area contributed by atoms with Gasteiger partial charge in [0.25, 0.3) is 5.91 Å². The normalized spacial score (nSPS) is 15.0. The van der Waals surface area contributed by atoms with Gasteiger partial charge in [-0.2, -0.15) is 5.26 Å². The number of hydrogen-bond acceptors (Lipinski definition) is 5. The summed E-state index contributed by atoms with van der Waals surface area (Å²) in [4.78, 5) is 12.6. The molecule has 2 aromatic heterocycles. The fraction of sp³-hybridized carbons (Fsp3) is 0.273. The Labute approximate surface area is 177 Å². The fourth-order valence-corrected chi connectivity index (χ4v) is 4.54. The van der Waals surface area contributed by atoms with Crippen LogP contribution >= 0.6 is 11.3 Å². The average Bonchev–Trinajstić information content (AvgIpc) is 3.42. The maximum Gasteiger partial charge on any atom is 0.268 e. The number of hydrogen-bond donors (Lipinski definition) is 1. The number of halogens is 1. The van der Waals surface area contributed by atoms with Gasteiger partial charge in [0.15, 0.2) is 0 Å². The first-order valence-corrected chi connectivity index (χ1v) is 10.7. The van der Waals surface area contributed by atoms with Gasteiger partial charge >= 0.3 is 0 Å². The molecule has 0 radical (unpaired) electrons. The summed E-state index contributed by atoms with van der Waals surface area (Å²) in [6, 6.07) is 11.6. The van der Waals surface area contributed by atoms with Gasteiger partial charge in [0, 0.05) is 23.5 Å². The molecule has 2 heterocycles. The Morgan fingerprint density at radius 3 is 2.83 bits per heavy atom. The van der Waals surface area contributed by atoms with E-state index >= 15 is 0 Å². The van der Waals surface area contributed by atoms with Gasteiger partial charge < -0.3 is 4.57 Å². The van der Waals surface area contributed by atoms with Crippen molar-refractivity contribution in [2.45, 2.75) is 38.0 Å². The quantitative estimate of drug-likeness (QED) is 0.461. The second-order valence-electron chi connectivity index (χ2n) is 7.19. The molecule has 1 N–H and O–H groups in total. The number of carbonyl (C=O) groups excluding carboxylic acids is 1. The number of benzene rings is 1. The van der Waals surface area contributed by atoms with E-state index in [1.165, 1.54) is 48.8 Å². The van der Waals surface area contributed by atoms with Crippen LogP contribution in [0.1, 0.15) is 48.7 Å². The highest BCUT2D eigenvalue weighted by Crippen LogP contribution is 2.35. The van der Waals surface area contributed by atoms with E-state index in [0.717, 1.165) is 17.8 Å². The second kappa shape index (κ2) is 9.01. The number of anilines is 1. The van der Waals surface area contributed by atoms with Crippen molar-refractivity contribution in [1.82, 2.24) is 14.8 Å². The fourth-order valence-electron chi connectivity index (χ4n) is 3.63. The molecule has 0 saturated heterocycles. The summed E-state index contributed by atoms with van der Waals surface area (Å²) in [5.41, 5.74) is 1.12. The van der Waals surface area contributed by atoms with E-state index in [4.69, 9.17) is 0 Å². The SMILES string of the molecule is N#CC(=Cc1cccn1-c1cccc(F)c1)C(=O)Nc1nnc(C2CCCCC2)s1. The Morgan fingerprint density at radius 1 is 1.23 bits per heavy atom. The summed E-state index contributed by atoms with van der Waals surface area (Å²) in [7, 11) is 0. The maximum absolute atomic E-state index is 13.6. The third-order valence-electron chi connectivity index (χ3n) is 5.14. The standard InChI is InChI=1S/C22H20FN5OS/c23-17-8-4-9-19(13-17)28-11-5-10-18(28)12-16(14-24)20(29)25-22-27-26-21(30-22)15-6-2-1-3-7-15/h4-5,8-13,15H,1-3,6-7H2,(H,25,27,29). The van der Waals surface area contributed by atoms with Crippen LogP contribution in [0.25, 0.3) is 11.8 Å². The zero-order valence-electron chi connectivity index (χ0n) is 16.2. The molecule has 0 unspecified atom stereocenters. The number of rotatable bonds is 5. The van der Waals surface area contributed by atoms with Gasteiger partial charge in [0.2, 0.25) is 5.13 Å². The molecular weight excluding hydrogens is 401 g/mol. The summed E-state index contributed by atoms with van der Waals surface area (Å²) in [5, 5.41) is 21.8. The van der Waals surface area contributed by atoms with Crippen molar-refractivity contribution in [3.8, 4) is 11.8 Å². The molecule has 6 nitrogen and oxygen atoms in total. The summed E-state index contributed by atoms with van der Waals surface area (Å²) in [5.74, 6) is -0.502. The van der Waals surface area contributed by atoms with Crippen LogP contribution < -0.4 is 5.32 Å². The Bertz CT molecular complexity index is 1120. The molecule has 152 valence electrons. The van der Waals surface area contributed by atoms with Crippen molar-refractivity contribution < 1.29 is 9.18 Å². The lowest BCUT2D eigenvalue weighted by molar-refractivity contribution is -0.112. The number of carbonyl (C=O) groups is 1. The average molecular weight is 422 g/mol. The van der Waals surface area contributed by atoms with E-state index in [0.29, 0.717) is 22.4 Å². The van der Waals surface area contributed by atoms with Gasteiger partial charge in [-0.1, -0.05) is 36.7 Å². The zero-order valence-corrected chi connectivity index (χ0v) is 17.0. The van der Waals surface area contributed by atoms with Crippen LogP contribution in [-0.2, 0) is 4.79 Å². The topological polar surface area (TPSA) is 83.6 Å². The van der Waals surface area contributed by atoms with E-state index in [-0.39, 0.29) is 11.4 Å². The molecule has 3 aromatic rings. The summed E-state index contributed by atoms with van der Waals surface area (Å²) in [6.45, 7) is 0. The molecule has 1 amide bonds. The molecule has 0 spiro atoms. The number of nitriles is 1. The highest BCUT2D eigenvalue weighted by molar-refractivity contribution is 7.15. The minimum Gasteiger partial charge on any atom is -0.317 e. The molecule has 0 bridgehead atoms. The first-order valence-electron chi connectivity index (χ1n) is 9.84. The van der Waals surface area contributed by atoms with E-state index in [9.17, 15) is 14.4 Å². The molecule has 4 rings (SSSR count). The number of nitrogens with one attached hydrogen (secondary N) is 1. The predicted molar refractivity (Wildman–Crippen MR) is 114 cm³/mol. The van der Waals surface area contributed by atoms with Crippen molar-refractivity contribution in [2.24, 2.45) is 0 Å². The maximum atomic E-state index is 13.6. The number of nitrogens with zero attached hydrogens (tertiary/aromatic N) is 4. The highest BCUT2D eigenvalue weighted by atomic mass is 32.1. The molecule has 1 aromatic carbocycles. The Kier molecular flexibility index (Phi) is 6.00. The van der Waals surface area contributed by atoms with Crippen LogP contribution in [0.5, 0.6) is 0 Å². The minimum absolute atomic E-state index is 0.0687. The summed E-state index contributed by atoms with van der Waals surface area (Å²) in [6.07, 6.45) is 9.06. The Morgan fingerprint density at radius 2 is 2.07 bits per heavy atom. The molecule has 0 atom stereocenters. The number of amides is 1. The van der Waals surface area contributed by atoms with E-state index < -0.39 is 5.91 Å². The van der Waals surface area contributed by atoms with Crippen molar-refractivity contribution in [2.75, 3.05) is 5.32 Å². The van der Waals surface area contributed by atoms with Crippen LogP contribution in [0.4, 0.5) is 9.52 Å². The van der Waals surface area contributed by atoms with Crippen molar-refractivity contribution in [3.05, 3.63) is 64.7 Å². The zero-order chi connectivity index (χ0) is 20.9. The van der Waals surface area contributed by atoms with Crippen LogP contribution in [0.15, 0.2) is 48.2 Å². The smallest absolute Gasteiger partial charge is 0.268 e. The monoisotopic (exact) mass is 421 g/mol. The number of aromatic nitrogens is 3. The first kappa shape index (κ1) is 20.0. The van der Waals surface area contributed by atoms with Gasteiger partial charge in [-0.05, 0) is 49.2 Å². The molecule has 8 heteroatoms. The van der Waals surface area contributed by atoms with E-state index in [1.807, 2.05) is 6.07 Å². The summed E-state index contributed by atoms with van der Waals surface area (Å²) < 4.78 is 15.3. The third kappa shape index (κ3) is 4.47. The first-order chi connectivity index (χ1) is 14.6. The largest absolute Gasteiger partial charge is 0.317 e. The molecule has 0 aliphatic heterocycles. The molecule has 30 heavy (non-hydrogen) atoms. The van der Waals surface area contributed by atoms with Gasteiger partial charge in [0.1, 0.15) is 22.5 Å². The lowest BCUT2D eigenvalue weighted by Gasteiger charge is -2.18. The van der Waals surface area contributed by atoms with Crippen LogP contribution in [0.3, 0.4) is 0 Å². The molecule has 1 aliphatic rings. The van der Waals surface area contributed by atoms with Gasteiger partial charge in [-0.15, -0.1) is 10.2 Å². The Balaban J connectivity index is 1.52. The molecule has 1 fully saturated rings. The van der Waals surface area contributed by atoms with Crippen LogP contribution in [0.2, 0.25) is 0 Å². The Hall–Kier alpha value is -3.31. The van der Waals surface area contributed by atoms with Gasteiger partial charge in [-0.25, -0.2) is 4.39 Å². The van der Waals surface area contributed by atoms with Gasteiger partial charge in [0.05, 0.1) is 0 Å². The van der Waals surface area contributed by atoms with Crippen molar-refractivity contribution >= 4 is 28.5 Å². The third-order valence-corrected chi connectivity index (χ3v) is 6.14. The van der Waals surface area contributed by atoms with Crippen molar-refractivity contribution in [3.63, 3.8) is 0 Å². The van der Waals surface area contributed by atoms with Crippen LogP contribution in [0, 0.1) is 17.1 Å². The predicted octanol–water partition coefficient (Wildman–Crippen LogP) is 5.06.